The molecule has 1 saturated heterocycles. The van der Waals surface area contributed by atoms with Gasteiger partial charge in [-0.15, -0.1) is 0 Å². The van der Waals surface area contributed by atoms with Crippen molar-refractivity contribution in [3.05, 3.63) is 70.5 Å². The molecule has 0 unspecified atom stereocenters. The number of carbonyl (C=O) groups is 1. The number of hydrogen-bond acceptors (Lipinski definition) is 6. The summed E-state index contributed by atoms with van der Waals surface area (Å²) in [7, 11) is 0. The van der Waals surface area contributed by atoms with Crippen molar-refractivity contribution in [3.8, 4) is 0 Å². The van der Waals surface area contributed by atoms with Gasteiger partial charge in [0.25, 0.3) is 0 Å². The van der Waals surface area contributed by atoms with Crippen LogP contribution in [0, 0.1) is 20.8 Å². The zero-order chi connectivity index (χ0) is 23.2. The number of hydrogen-bond donors (Lipinski definition) is 2. The van der Waals surface area contributed by atoms with Gasteiger partial charge in [-0.3, -0.25) is 4.90 Å². The van der Waals surface area contributed by atoms with E-state index in [-0.39, 0.29) is 6.03 Å². The summed E-state index contributed by atoms with van der Waals surface area (Å²) in [6.45, 7) is 11.4. The van der Waals surface area contributed by atoms with Crippen LogP contribution in [-0.2, 0) is 6.42 Å². The Hall–Kier alpha value is -2.97. The summed E-state index contributed by atoms with van der Waals surface area (Å²) in [4.78, 5) is 21.7. The number of rotatable bonds is 7. The van der Waals surface area contributed by atoms with Gasteiger partial charge in [0.2, 0.25) is 5.13 Å². The van der Waals surface area contributed by atoms with Crippen molar-refractivity contribution >= 4 is 28.4 Å². The minimum atomic E-state index is -0.157. The van der Waals surface area contributed by atoms with Crippen LogP contribution in [0.1, 0.15) is 28.1 Å². The molecule has 7 nitrogen and oxygen atoms in total. The van der Waals surface area contributed by atoms with Gasteiger partial charge in [-0.25, -0.2) is 9.78 Å². The molecule has 2 amide bonds. The molecule has 0 aliphatic carbocycles. The molecule has 0 spiro atoms. The summed E-state index contributed by atoms with van der Waals surface area (Å²) in [6.07, 6.45) is 0.770. The van der Waals surface area contributed by atoms with E-state index < -0.39 is 0 Å². The number of carbonyl (C=O) groups excluding carboxylic acids is 1. The Morgan fingerprint density at radius 2 is 1.73 bits per heavy atom. The highest BCUT2D eigenvalue weighted by molar-refractivity contribution is 7.09. The molecular formula is C25H32N6OS. The van der Waals surface area contributed by atoms with Crippen LogP contribution in [0.2, 0.25) is 0 Å². The summed E-state index contributed by atoms with van der Waals surface area (Å²) >= 11 is 1.49. The smallest absolute Gasteiger partial charge is 0.319 e. The van der Waals surface area contributed by atoms with E-state index >= 15 is 0 Å². The van der Waals surface area contributed by atoms with Gasteiger partial charge < -0.3 is 15.5 Å². The molecule has 2 N–H and O–H groups in total. The van der Waals surface area contributed by atoms with Crippen LogP contribution in [0.5, 0.6) is 0 Å². The van der Waals surface area contributed by atoms with Crippen LogP contribution in [0.3, 0.4) is 0 Å². The number of amides is 2. The van der Waals surface area contributed by atoms with Crippen LogP contribution >= 0.6 is 11.5 Å². The molecule has 0 saturated carbocycles. The molecule has 4 rings (SSSR count). The lowest BCUT2D eigenvalue weighted by Gasteiger charge is -2.34. The molecule has 33 heavy (non-hydrogen) atoms. The zero-order valence-corrected chi connectivity index (χ0v) is 20.4. The third-order valence-electron chi connectivity index (χ3n) is 5.93. The summed E-state index contributed by atoms with van der Waals surface area (Å²) in [5.74, 6) is 0.889. The lowest BCUT2D eigenvalue weighted by molar-refractivity contribution is 0.240. The van der Waals surface area contributed by atoms with Crippen molar-refractivity contribution in [1.82, 2.24) is 19.6 Å². The quantitative estimate of drug-likeness (QED) is 0.553. The van der Waals surface area contributed by atoms with Gasteiger partial charge in [-0.05, 0) is 38.0 Å². The molecule has 2 aromatic carbocycles. The van der Waals surface area contributed by atoms with Crippen LogP contribution < -0.4 is 15.5 Å². The van der Waals surface area contributed by atoms with Gasteiger partial charge >= 0.3 is 6.03 Å². The topological polar surface area (TPSA) is 73.4 Å². The maximum Gasteiger partial charge on any atom is 0.319 e. The SMILES string of the molecule is Cc1ccc(Cc2nsc(N3CCN(CCNC(=O)Nc4ccc(C)cc4C)CC3)n2)cc1. The second-order valence-corrected chi connectivity index (χ2v) is 9.41. The number of aromatic nitrogens is 2. The molecule has 8 heteroatoms. The monoisotopic (exact) mass is 464 g/mol. The first-order chi connectivity index (χ1) is 16.0. The van der Waals surface area contributed by atoms with Gasteiger partial charge in [0.15, 0.2) is 0 Å². The van der Waals surface area contributed by atoms with Gasteiger partial charge in [0.1, 0.15) is 5.82 Å². The Labute approximate surface area is 200 Å². The highest BCUT2D eigenvalue weighted by Crippen LogP contribution is 2.20. The fraction of sp³-hybridized carbons (Fsp3) is 0.400. The van der Waals surface area contributed by atoms with E-state index in [2.05, 4.69) is 62.1 Å². The molecule has 1 aliphatic rings. The number of nitrogens with one attached hydrogen (secondary N) is 2. The Morgan fingerprint density at radius 3 is 2.45 bits per heavy atom. The first-order valence-electron chi connectivity index (χ1n) is 11.4. The lowest BCUT2D eigenvalue weighted by Crippen LogP contribution is -2.48. The highest BCUT2D eigenvalue weighted by Gasteiger charge is 2.20. The van der Waals surface area contributed by atoms with E-state index in [4.69, 9.17) is 4.98 Å². The number of piperazine rings is 1. The third kappa shape index (κ3) is 6.52. The summed E-state index contributed by atoms with van der Waals surface area (Å²) in [6, 6.07) is 14.4. The minimum absolute atomic E-state index is 0.157. The van der Waals surface area contributed by atoms with Crippen molar-refractivity contribution in [2.24, 2.45) is 0 Å². The second kappa shape index (κ2) is 10.8. The molecule has 0 radical (unpaired) electrons. The predicted octanol–water partition coefficient (Wildman–Crippen LogP) is 4.00. The van der Waals surface area contributed by atoms with Gasteiger partial charge in [0, 0.05) is 62.9 Å². The highest BCUT2D eigenvalue weighted by atomic mass is 32.1. The molecule has 1 aliphatic heterocycles. The maximum atomic E-state index is 12.2. The number of benzene rings is 2. The summed E-state index contributed by atoms with van der Waals surface area (Å²) in [5.41, 5.74) is 5.61. The Kier molecular flexibility index (Phi) is 7.57. The fourth-order valence-electron chi connectivity index (χ4n) is 3.94. The minimum Gasteiger partial charge on any atom is -0.344 e. The van der Waals surface area contributed by atoms with Crippen LogP contribution in [0.25, 0.3) is 0 Å². The average Bonchev–Trinajstić information content (AvgIpc) is 3.26. The first kappa shape index (κ1) is 23.2. The van der Waals surface area contributed by atoms with E-state index in [9.17, 15) is 4.79 Å². The van der Waals surface area contributed by atoms with E-state index in [0.717, 1.165) is 61.4 Å². The standard InChI is InChI=1S/C25H32N6OS/c1-18-4-7-21(8-5-18)17-23-28-25(33-29-23)31-14-12-30(13-15-31)11-10-26-24(32)27-22-9-6-19(2)16-20(22)3/h4-9,16H,10-15,17H2,1-3H3,(H2,26,27,32). The average molecular weight is 465 g/mol. The normalized spacial score (nSPS) is 14.3. The Balaban J connectivity index is 1.17. The molecule has 174 valence electrons. The zero-order valence-electron chi connectivity index (χ0n) is 19.6. The molecule has 3 aromatic rings. The Morgan fingerprint density at radius 1 is 1.00 bits per heavy atom. The van der Waals surface area contributed by atoms with Gasteiger partial charge in [0.05, 0.1) is 0 Å². The largest absolute Gasteiger partial charge is 0.344 e. The van der Waals surface area contributed by atoms with Crippen molar-refractivity contribution < 1.29 is 4.79 Å². The fourth-order valence-corrected chi connectivity index (χ4v) is 4.68. The van der Waals surface area contributed by atoms with Crippen molar-refractivity contribution in [2.45, 2.75) is 27.2 Å². The molecule has 0 bridgehead atoms. The number of nitrogens with zero attached hydrogens (tertiary/aromatic N) is 4. The van der Waals surface area contributed by atoms with Crippen molar-refractivity contribution in [2.75, 3.05) is 49.5 Å². The molecule has 2 heterocycles. The molecule has 1 fully saturated rings. The van der Waals surface area contributed by atoms with Crippen LogP contribution in [0.15, 0.2) is 42.5 Å². The second-order valence-electron chi connectivity index (χ2n) is 8.68. The van der Waals surface area contributed by atoms with Crippen LogP contribution in [0.4, 0.5) is 15.6 Å². The summed E-state index contributed by atoms with van der Waals surface area (Å²) < 4.78 is 4.56. The van der Waals surface area contributed by atoms with Crippen molar-refractivity contribution in [3.63, 3.8) is 0 Å². The van der Waals surface area contributed by atoms with Crippen molar-refractivity contribution in [1.29, 1.82) is 0 Å². The third-order valence-corrected chi connectivity index (χ3v) is 6.74. The number of anilines is 2. The molecular weight excluding hydrogens is 432 g/mol. The Bertz CT molecular complexity index is 1070. The molecule has 0 atom stereocenters. The van der Waals surface area contributed by atoms with E-state index in [0.29, 0.717) is 6.54 Å². The van der Waals surface area contributed by atoms with E-state index in [1.54, 1.807) is 0 Å². The first-order valence-corrected chi connectivity index (χ1v) is 12.2. The van der Waals surface area contributed by atoms with Crippen LogP contribution in [-0.4, -0.2) is 59.6 Å². The predicted molar refractivity (Wildman–Crippen MR) is 135 cm³/mol. The van der Waals surface area contributed by atoms with E-state index in [1.807, 2.05) is 26.0 Å². The number of aryl methyl sites for hydroxylation is 3. The van der Waals surface area contributed by atoms with Gasteiger partial charge in [-0.1, -0.05) is 47.5 Å². The summed E-state index contributed by atoms with van der Waals surface area (Å²) in [5, 5.41) is 6.91. The molecule has 1 aromatic heterocycles. The van der Waals surface area contributed by atoms with E-state index in [1.165, 1.54) is 28.2 Å². The van der Waals surface area contributed by atoms with Gasteiger partial charge in [-0.2, -0.15) is 4.37 Å². The maximum absolute atomic E-state index is 12.2. The number of urea groups is 1. The lowest BCUT2D eigenvalue weighted by atomic mass is 10.1.